The Kier molecular flexibility index (Phi) is 17.7. The molecule has 0 N–H and O–H groups in total. The minimum atomic E-state index is -1.16. The van der Waals surface area contributed by atoms with Crippen LogP contribution in [0.25, 0.3) is 21.5 Å². The van der Waals surface area contributed by atoms with Gasteiger partial charge in [0, 0.05) is 0 Å². The van der Waals surface area contributed by atoms with Gasteiger partial charge in [0.25, 0.3) is 0 Å². The fourth-order valence-corrected chi connectivity index (χ4v) is 6.36. The summed E-state index contributed by atoms with van der Waals surface area (Å²) in [7, 11) is 0.648. The molecule has 0 saturated carbocycles. The third-order valence-corrected chi connectivity index (χ3v) is 10.4. The molecule has 0 atom stereocenters. The van der Waals surface area contributed by atoms with E-state index >= 15 is 0 Å². The number of hydrogen-bond donors (Lipinski definition) is 0. The summed E-state index contributed by atoms with van der Waals surface area (Å²) in [6, 6.07) is 18.5. The van der Waals surface area contributed by atoms with E-state index in [1.165, 1.54) is 43.8 Å². The zero-order valence-corrected chi connectivity index (χ0v) is 30.6. The fraction of sp³-hybridized carbons (Fsp3) is 0.333. The number of hydrogen-bond acceptors (Lipinski definition) is 0. The number of fused-ring (bicyclic) bond motifs is 2. The average molecular weight is 610 g/mol. The summed E-state index contributed by atoms with van der Waals surface area (Å²) in [5, 5.41) is 8.96. The van der Waals surface area contributed by atoms with Crippen molar-refractivity contribution in [2.75, 3.05) is 0 Å². The van der Waals surface area contributed by atoms with Gasteiger partial charge in [0.2, 0.25) is 0 Å². The van der Waals surface area contributed by atoms with Crippen LogP contribution in [-0.4, -0.2) is 23.8 Å². The molecule has 0 aromatic heterocycles. The molecule has 0 amide bonds. The van der Waals surface area contributed by atoms with Crippen LogP contribution in [0.2, 0.25) is 39.3 Å². The van der Waals surface area contributed by atoms with Crippen molar-refractivity contribution < 1.29 is 19.2 Å². The second-order valence-electron chi connectivity index (χ2n) is 11.0. The molecule has 2 radical (unpaired) electrons. The normalized spacial score (nSPS) is 10.4. The van der Waals surface area contributed by atoms with E-state index in [9.17, 15) is 0 Å². The Labute approximate surface area is 250 Å². The first-order valence-corrected chi connectivity index (χ1v) is 21.2. The standard InChI is InChI=1S/2C14H19Si.2CH3.2ClH.Si.Ti/c2*1-10-6-7-11(2)14-9-12(8-13(10)14)15(3,4)5;;;;;;/h2*6-9H,1-5H3;2*1H3;2*1H;;/q4*-1;;;;. The van der Waals surface area contributed by atoms with E-state index in [1.54, 1.807) is 29.5 Å². The van der Waals surface area contributed by atoms with Crippen LogP contribution in [0.15, 0.2) is 48.5 Å². The molecule has 0 bridgehead atoms. The van der Waals surface area contributed by atoms with Crippen molar-refractivity contribution in [1.29, 1.82) is 0 Å². The van der Waals surface area contributed by atoms with Gasteiger partial charge in [-0.1, -0.05) is 76.4 Å². The van der Waals surface area contributed by atoms with E-state index in [4.69, 9.17) is 0 Å². The van der Waals surface area contributed by atoms with Gasteiger partial charge in [-0.15, -0.1) is 92.1 Å². The SMILES string of the molecule is Cc1ccc(C)c2[cH-]c([Si](C)(C)C)cc12.Cc1ccc(C)c2[cH-]c([Si](C)(C)C)cc12.Cl.Cl.[CH3-].[CH3-].[Si]=[Ti]. The summed E-state index contributed by atoms with van der Waals surface area (Å²) < 4.78 is 0. The molecule has 0 nitrogen and oxygen atoms in total. The first kappa shape index (κ1) is 40.1. The molecule has 0 fully saturated rings. The maximum absolute atomic E-state index is 2.97. The van der Waals surface area contributed by atoms with Crippen LogP contribution >= 0.6 is 24.8 Å². The van der Waals surface area contributed by atoms with Crippen LogP contribution in [0, 0.1) is 42.5 Å². The Morgan fingerprint density at radius 1 is 0.556 bits per heavy atom. The van der Waals surface area contributed by atoms with Gasteiger partial charge in [-0.2, -0.15) is 12.1 Å². The van der Waals surface area contributed by atoms with Gasteiger partial charge in [0.1, 0.15) is 0 Å². The Morgan fingerprint density at radius 3 is 1.03 bits per heavy atom. The summed E-state index contributed by atoms with van der Waals surface area (Å²) in [5.74, 6) is 0. The van der Waals surface area contributed by atoms with Crippen molar-refractivity contribution in [2.45, 2.75) is 67.0 Å². The summed E-state index contributed by atoms with van der Waals surface area (Å²) in [6.45, 7) is 23.3. The van der Waals surface area contributed by atoms with Crippen molar-refractivity contribution in [3.63, 3.8) is 0 Å². The molecule has 36 heavy (non-hydrogen) atoms. The van der Waals surface area contributed by atoms with E-state index in [1.807, 2.05) is 0 Å². The third-order valence-electron chi connectivity index (χ3n) is 6.38. The molecular formula is C30H46Cl2Si3Ti-4. The van der Waals surface area contributed by atoms with Crippen LogP contribution < -0.4 is 10.4 Å². The first-order valence-electron chi connectivity index (χ1n) is 11.4. The minimum absolute atomic E-state index is 0. The van der Waals surface area contributed by atoms with Crippen molar-refractivity contribution in [3.8, 4) is 0 Å². The maximum atomic E-state index is 2.97. The van der Waals surface area contributed by atoms with E-state index < -0.39 is 16.1 Å². The molecule has 0 saturated heterocycles. The van der Waals surface area contributed by atoms with Gasteiger partial charge in [-0.25, -0.2) is 0 Å². The third kappa shape index (κ3) is 9.41. The second-order valence-corrected chi connectivity index (χ2v) is 21.2. The second kappa shape index (κ2) is 15.9. The van der Waals surface area contributed by atoms with Crippen LogP contribution in [0.4, 0.5) is 0 Å². The van der Waals surface area contributed by atoms with Crippen LogP contribution in [0.3, 0.4) is 0 Å². The Hall–Kier alpha value is -0.395. The van der Waals surface area contributed by atoms with Gasteiger partial charge in [-0.05, 0) is 13.8 Å². The summed E-state index contributed by atoms with van der Waals surface area (Å²) in [4.78, 5) is 0. The number of halogens is 2. The fourth-order valence-electron chi connectivity index (χ4n) is 4.05. The zero-order valence-electron chi connectivity index (χ0n) is 24.4. The summed E-state index contributed by atoms with van der Waals surface area (Å²) >= 11 is 1.81. The molecule has 0 aliphatic carbocycles. The van der Waals surface area contributed by atoms with E-state index in [0.29, 0.717) is 0 Å². The molecule has 4 aromatic carbocycles. The molecule has 0 aliphatic heterocycles. The molecule has 4 aromatic rings. The van der Waals surface area contributed by atoms with Crippen molar-refractivity contribution in [3.05, 3.63) is 85.6 Å². The Bertz CT molecular complexity index is 1050. The van der Waals surface area contributed by atoms with Gasteiger partial charge >= 0.3 is 26.8 Å². The molecule has 0 unspecified atom stereocenters. The van der Waals surface area contributed by atoms with Gasteiger partial charge < -0.3 is 14.9 Å². The molecule has 200 valence electrons. The quantitative estimate of drug-likeness (QED) is 0.157. The van der Waals surface area contributed by atoms with Crippen LogP contribution in [-0.2, 0) is 19.2 Å². The van der Waals surface area contributed by atoms with E-state index in [2.05, 4.69) is 123 Å². The zero-order chi connectivity index (χ0) is 24.4. The predicted molar refractivity (Wildman–Crippen MR) is 177 cm³/mol. The van der Waals surface area contributed by atoms with E-state index in [0.717, 1.165) is 0 Å². The Morgan fingerprint density at radius 2 is 0.806 bits per heavy atom. The van der Waals surface area contributed by atoms with Crippen molar-refractivity contribution in [2.24, 2.45) is 0 Å². The predicted octanol–water partition coefficient (Wildman–Crippen LogP) is 8.80. The first-order chi connectivity index (χ1) is 14.8. The van der Waals surface area contributed by atoms with Gasteiger partial charge in [0.05, 0.1) is 16.1 Å². The topological polar surface area (TPSA) is 0 Å². The number of rotatable bonds is 2. The van der Waals surface area contributed by atoms with Crippen LogP contribution in [0.1, 0.15) is 22.3 Å². The Balaban J connectivity index is -0.000000513. The molecular weight excluding hydrogens is 563 g/mol. The van der Waals surface area contributed by atoms with Crippen LogP contribution in [0.5, 0.6) is 0 Å². The van der Waals surface area contributed by atoms with Crippen molar-refractivity contribution in [1.82, 2.24) is 0 Å². The van der Waals surface area contributed by atoms with Crippen molar-refractivity contribution >= 4 is 80.5 Å². The molecule has 4 rings (SSSR count). The van der Waals surface area contributed by atoms with Gasteiger partial charge in [0.15, 0.2) is 0 Å². The molecule has 0 spiro atoms. The number of benzene rings is 2. The average Bonchev–Trinajstić information content (AvgIpc) is 3.36. The summed E-state index contributed by atoms with van der Waals surface area (Å²) in [6.07, 6.45) is 0. The number of aryl methyl sites for hydroxylation is 4. The molecule has 0 aliphatic rings. The molecule has 6 heteroatoms. The molecule has 0 heterocycles. The monoisotopic (exact) mass is 608 g/mol. The van der Waals surface area contributed by atoms with Gasteiger partial charge in [-0.3, -0.25) is 0 Å². The summed E-state index contributed by atoms with van der Waals surface area (Å²) in [5.41, 5.74) is 5.61. The van der Waals surface area contributed by atoms with E-state index in [-0.39, 0.29) is 39.7 Å².